The van der Waals surface area contributed by atoms with Crippen molar-refractivity contribution < 1.29 is 14.4 Å². The van der Waals surface area contributed by atoms with Gasteiger partial charge < -0.3 is 15.0 Å². The molecule has 2 N–H and O–H groups in total. The number of methoxy groups -OCH3 is 1. The molecule has 1 aliphatic carbocycles. The van der Waals surface area contributed by atoms with E-state index in [1.54, 1.807) is 7.11 Å². The van der Waals surface area contributed by atoms with Crippen molar-refractivity contribution in [2.24, 2.45) is 0 Å². The van der Waals surface area contributed by atoms with Crippen LogP contribution in [0.1, 0.15) is 39.5 Å². The number of ether oxygens (including phenoxy) is 1. The Morgan fingerprint density at radius 3 is 2.52 bits per heavy atom. The first-order chi connectivity index (χ1) is 12.1. The van der Waals surface area contributed by atoms with Gasteiger partial charge in [-0.3, -0.25) is 4.79 Å². The third-order valence-electron chi connectivity index (χ3n) is 5.04. The summed E-state index contributed by atoms with van der Waals surface area (Å²) in [7, 11) is 5.88. The number of hydrogen-bond donors (Lipinski definition) is 2. The van der Waals surface area contributed by atoms with E-state index in [1.807, 2.05) is 18.2 Å². The van der Waals surface area contributed by atoms with Crippen LogP contribution in [0.15, 0.2) is 42.5 Å². The largest absolute Gasteiger partial charge is 0.497 e. The number of fused-ring (bicyclic) bond motifs is 1. The van der Waals surface area contributed by atoms with Crippen molar-refractivity contribution in [1.29, 1.82) is 0 Å². The smallest absolute Gasteiger partial charge is 0.251 e. The maximum absolute atomic E-state index is 12.6. The molecular formula is C21H27N2O2+. The van der Waals surface area contributed by atoms with Gasteiger partial charge in [0.05, 0.1) is 27.7 Å². The molecule has 1 amide bonds. The second-order valence-corrected chi connectivity index (χ2v) is 6.95. The van der Waals surface area contributed by atoms with Gasteiger partial charge in [0.15, 0.2) is 0 Å². The molecule has 132 valence electrons. The summed E-state index contributed by atoms with van der Waals surface area (Å²) in [5.41, 5.74) is 4.68. The number of benzene rings is 2. The van der Waals surface area contributed by atoms with E-state index in [2.05, 4.69) is 43.7 Å². The molecule has 3 rings (SSSR count). The third kappa shape index (κ3) is 4.02. The van der Waals surface area contributed by atoms with Crippen LogP contribution >= 0.6 is 0 Å². The first kappa shape index (κ1) is 17.5. The van der Waals surface area contributed by atoms with Crippen LogP contribution in [-0.2, 0) is 12.8 Å². The molecule has 1 aliphatic rings. The molecular weight excluding hydrogens is 312 g/mol. The molecule has 0 spiro atoms. The van der Waals surface area contributed by atoms with Crippen LogP contribution in [0.3, 0.4) is 0 Å². The molecule has 0 heterocycles. The number of likely N-dealkylation sites (N-methyl/N-ethyl adjacent to an activating group) is 1. The summed E-state index contributed by atoms with van der Waals surface area (Å²) < 4.78 is 5.23. The van der Waals surface area contributed by atoms with Crippen LogP contribution < -0.4 is 15.0 Å². The van der Waals surface area contributed by atoms with Gasteiger partial charge in [-0.05, 0) is 66.8 Å². The fourth-order valence-corrected chi connectivity index (χ4v) is 3.50. The van der Waals surface area contributed by atoms with Crippen LogP contribution in [0.4, 0.5) is 0 Å². The van der Waals surface area contributed by atoms with Crippen LogP contribution in [0.2, 0.25) is 0 Å². The lowest BCUT2D eigenvalue weighted by molar-refractivity contribution is -0.890. The van der Waals surface area contributed by atoms with Gasteiger partial charge in [0, 0.05) is 11.1 Å². The van der Waals surface area contributed by atoms with E-state index in [0.717, 1.165) is 24.2 Å². The van der Waals surface area contributed by atoms with Crippen LogP contribution in [-0.4, -0.2) is 33.7 Å². The topological polar surface area (TPSA) is 42.8 Å². The monoisotopic (exact) mass is 339 g/mol. The lowest BCUT2D eigenvalue weighted by atomic mass is 10.0. The summed E-state index contributed by atoms with van der Waals surface area (Å²) in [4.78, 5) is 13.8. The van der Waals surface area contributed by atoms with Crippen LogP contribution in [0, 0.1) is 0 Å². The molecule has 25 heavy (non-hydrogen) atoms. The predicted molar refractivity (Wildman–Crippen MR) is 99.3 cm³/mol. The average Bonchev–Trinajstić information content (AvgIpc) is 3.09. The number of carbonyl (C=O) groups is 1. The van der Waals surface area contributed by atoms with Gasteiger partial charge in [-0.1, -0.05) is 6.07 Å². The Labute approximate surface area is 149 Å². The lowest BCUT2D eigenvalue weighted by Gasteiger charge is -2.22. The van der Waals surface area contributed by atoms with Gasteiger partial charge in [0.25, 0.3) is 5.91 Å². The fourth-order valence-electron chi connectivity index (χ4n) is 3.50. The van der Waals surface area contributed by atoms with Gasteiger partial charge in [-0.2, -0.15) is 0 Å². The number of rotatable bonds is 6. The van der Waals surface area contributed by atoms with E-state index in [4.69, 9.17) is 4.74 Å². The average molecular weight is 339 g/mol. The summed E-state index contributed by atoms with van der Waals surface area (Å²) in [6, 6.07) is 14.4. The van der Waals surface area contributed by atoms with E-state index in [1.165, 1.54) is 28.0 Å². The van der Waals surface area contributed by atoms with Crippen molar-refractivity contribution in [2.45, 2.75) is 25.3 Å². The Kier molecular flexibility index (Phi) is 5.39. The van der Waals surface area contributed by atoms with Crippen LogP contribution in [0.25, 0.3) is 0 Å². The van der Waals surface area contributed by atoms with Crippen molar-refractivity contribution in [3.63, 3.8) is 0 Å². The molecule has 1 atom stereocenters. The van der Waals surface area contributed by atoms with E-state index in [9.17, 15) is 4.79 Å². The highest BCUT2D eigenvalue weighted by Crippen LogP contribution is 2.23. The predicted octanol–water partition coefficient (Wildman–Crippen LogP) is 1.80. The van der Waals surface area contributed by atoms with Crippen molar-refractivity contribution in [3.8, 4) is 5.75 Å². The molecule has 4 heteroatoms. The van der Waals surface area contributed by atoms with Crippen LogP contribution in [0.5, 0.6) is 5.75 Å². The van der Waals surface area contributed by atoms with Gasteiger partial charge in [-0.25, -0.2) is 0 Å². The Morgan fingerprint density at radius 2 is 1.84 bits per heavy atom. The summed E-state index contributed by atoms with van der Waals surface area (Å²) in [6.45, 7) is 0.602. The number of hydrogen-bond acceptors (Lipinski definition) is 2. The Balaban J connectivity index is 1.67. The van der Waals surface area contributed by atoms with Crippen molar-refractivity contribution in [3.05, 3.63) is 64.7 Å². The molecule has 4 nitrogen and oxygen atoms in total. The second kappa shape index (κ2) is 7.70. The van der Waals surface area contributed by atoms with Gasteiger partial charge in [-0.15, -0.1) is 0 Å². The summed E-state index contributed by atoms with van der Waals surface area (Å²) in [5, 5.41) is 3.11. The maximum atomic E-state index is 12.6. The molecule has 0 radical (unpaired) electrons. The molecule has 2 aromatic carbocycles. The molecule has 0 aliphatic heterocycles. The minimum absolute atomic E-state index is 0.00876. The molecule has 0 fully saturated rings. The standard InChI is InChI=1S/C21H26N2O2/c1-23(2)20(16-9-11-19(25-3)12-10-16)14-22-21(24)18-8-7-15-5-4-6-17(15)13-18/h7-13,20H,4-6,14H2,1-3H3,(H,22,24)/p+1/t20-/m1/s1. The first-order valence-electron chi connectivity index (χ1n) is 8.92. The van der Waals surface area contributed by atoms with Crippen molar-refractivity contribution in [2.75, 3.05) is 27.7 Å². The summed E-state index contributed by atoms with van der Waals surface area (Å²) in [5.74, 6) is 0.855. The number of nitrogens with one attached hydrogen (secondary N) is 2. The number of quaternary nitrogens is 1. The number of amides is 1. The highest BCUT2D eigenvalue weighted by Gasteiger charge is 2.20. The lowest BCUT2D eigenvalue weighted by Crippen LogP contribution is -3.07. The van der Waals surface area contributed by atoms with Gasteiger partial charge in [0.1, 0.15) is 11.8 Å². The zero-order valence-electron chi connectivity index (χ0n) is 15.3. The zero-order chi connectivity index (χ0) is 17.8. The summed E-state index contributed by atoms with van der Waals surface area (Å²) in [6.07, 6.45) is 3.43. The number of carbonyl (C=O) groups excluding carboxylic acids is 1. The molecule has 2 aromatic rings. The quantitative estimate of drug-likeness (QED) is 0.843. The van der Waals surface area contributed by atoms with E-state index < -0.39 is 0 Å². The Hall–Kier alpha value is -2.33. The second-order valence-electron chi connectivity index (χ2n) is 6.95. The summed E-state index contributed by atoms with van der Waals surface area (Å²) >= 11 is 0. The van der Waals surface area contributed by atoms with Crippen molar-refractivity contribution in [1.82, 2.24) is 5.32 Å². The highest BCUT2D eigenvalue weighted by molar-refractivity contribution is 5.94. The van der Waals surface area contributed by atoms with Gasteiger partial charge in [0.2, 0.25) is 0 Å². The normalized spacial score (nSPS) is 14.2. The molecule has 0 bridgehead atoms. The molecule has 0 saturated carbocycles. The maximum Gasteiger partial charge on any atom is 0.251 e. The SMILES string of the molecule is COc1ccc([C@@H](CNC(=O)c2ccc3c(c2)CCC3)[NH+](C)C)cc1. The minimum atomic E-state index is 0.00876. The minimum Gasteiger partial charge on any atom is -0.497 e. The molecule has 0 aromatic heterocycles. The Morgan fingerprint density at radius 1 is 1.12 bits per heavy atom. The highest BCUT2D eigenvalue weighted by atomic mass is 16.5. The zero-order valence-corrected chi connectivity index (χ0v) is 15.3. The van der Waals surface area contributed by atoms with Gasteiger partial charge >= 0.3 is 0 Å². The van der Waals surface area contributed by atoms with E-state index in [-0.39, 0.29) is 11.9 Å². The van der Waals surface area contributed by atoms with Crippen molar-refractivity contribution >= 4 is 5.91 Å². The van der Waals surface area contributed by atoms with E-state index in [0.29, 0.717) is 6.54 Å². The molecule has 0 unspecified atom stereocenters. The van der Waals surface area contributed by atoms with E-state index >= 15 is 0 Å². The third-order valence-corrected chi connectivity index (χ3v) is 5.04. The Bertz CT molecular complexity index is 738. The fraction of sp³-hybridized carbons (Fsp3) is 0.381. The number of aryl methyl sites for hydroxylation is 2. The molecule has 0 saturated heterocycles. The first-order valence-corrected chi connectivity index (χ1v) is 8.92.